The number of carbonyl (C=O) groups excluding carboxylic acids is 1. The predicted molar refractivity (Wildman–Crippen MR) is 102 cm³/mol. The first-order valence-electron chi connectivity index (χ1n) is 8.31. The van der Waals surface area contributed by atoms with E-state index < -0.39 is 4.92 Å². The average molecular weight is 366 g/mol. The van der Waals surface area contributed by atoms with Gasteiger partial charge in [0.25, 0.3) is 11.6 Å². The third kappa shape index (κ3) is 4.12. The maximum absolute atomic E-state index is 12.0. The molecule has 3 rings (SSSR count). The van der Waals surface area contributed by atoms with Gasteiger partial charge in [-0.25, -0.2) is 4.98 Å². The molecule has 0 spiro atoms. The van der Waals surface area contributed by atoms with Crippen molar-refractivity contribution >= 4 is 28.2 Å². The number of phenolic OH excluding ortho intramolecular Hbond substituents is 1. The summed E-state index contributed by atoms with van der Waals surface area (Å²) in [7, 11) is 0. The van der Waals surface area contributed by atoms with Crippen molar-refractivity contribution in [3.63, 3.8) is 0 Å². The Kier molecular flexibility index (Phi) is 5.16. The van der Waals surface area contributed by atoms with Gasteiger partial charge in [-0.3, -0.25) is 14.9 Å². The number of anilines is 1. The molecule has 0 atom stereocenters. The number of fused-ring (bicyclic) bond motifs is 1. The minimum atomic E-state index is -0.448. The molecule has 8 nitrogen and oxygen atoms in total. The summed E-state index contributed by atoms with van der Waals surface area (Å²) in [4.78, 5) is 27.1. The Hall–Kier alpha value is -3.68. The Morgan fingerprint density at radius 2 is 1.93 bits per heavy atom. The minimum Gasteiger partial charge on any atom is -0.508 e. The summed E-state index contributed by atoms with van der Waals surface area (Å²) in [5.41, 5.74) is 2.12. The molecule has 138 valence electrons. The SMILES string of the molecule is Cc1cc(NCCNC(=O)c2ccc(O)cc2)c2cccc([N+](=O)[O-])c2n1. The normalized spacial score (nSPS) is 10.6. The summed E-state index contributed by atoms with van der Waals surface area (Å²) in [6.45, 7) is 2.57. The molecule has 8 heteroatoms. The summed E-state index contributed by atoms with van der Waals surface area (Å²) in [5, 5.41) is 27.1. The fraction of sp³-hybridized carbons (Fsp3) is 0.158. The third-order valence-corrected chi connectivity index (χ3v) is 4.00. The number of aryl methyl sites for hydroxylation is 1. The molecule has 0 fully saturated rings. The number of benzene rings is 2. The van der Waals surface area contributed by atoms with Crippen LogP contribution in [0.25, 0.3) is 10.9 Å². The van der Waals surface area contributed by atoms with Crippen molar-refractivity contribution in [1.82, 2.24) is 10.3 Å². The van der Waals surface area contributed by atoms with Gasteiger partial charge in [0.05, 0.1) is 4.92 Å². The summed E-state index contributed by atoms with van der Waals surface area (Å²) >= 11 is 0. The monoisotopic (exact) mass is 366 g/mol. The van der Waals surface area contributed by atoms with Gasteiger partial charge >= 0.3 is 0 Å². The van der Waals surface area contributed by atoms with Crippen LogP contribution >= 0.6 is 0 Å². The van der Waals surface area contributed by atoms with Crippen molar-refractivity contribution in [3.05, 3.63) is 69.9 Å². The van der Waals surface area contributed by atoms with Gasteiger partial charge in [-0.15, -0.1) is 0 Å². The first kappa shape index (κ1) is 18.1. The number of nitro benzene ring substituents is 1. The largest absolute Gasteiger partial charge is 0.508 e. The number of aromatic hydroxyl groups is 1. The average Bonchev–Trinajstić information content (AvgIpc) is 2.64. The fourth-order valence-electron chi connectivity index (χ4n) is 2.74. The van der Waals surface area contributed by atoms with E-state index in [0.29, 0.717) is 35.2 Å². The van der Waals surface area contributed by atoms with Crippen molar-refractivity contribution in [2.45, 2.75) is 6.92 Å². The first-order valence-corrected chi connectivity index (χ1v) is 8.31. The number of nitrogens with zero attached hydrogens (tertiary/aromatic N) is 2. The van der Waals surface area contributed by atoms with Crippen molar-refractivity contribution in [1.29, 1.82) is 0 Å². The highest BCUT2D eigenvalue weighted by atomic mass is 16.6. The van der Waals surface area contributed by atoms with Gasteiger partial charge in [-0.1, -0.05) is 12.1 Å². The Bertz CT molecular complexity index is 1000. The molecule has 0 aliphatic carbocycles. The topological polar surface area (TPSA) is 117 Å². The molecule has 1 amide bonds. The van der Waals surface area contributed by atoms with E-state index in [1.54, 1.807) is 19.1 Å². The van der Waals surface area contributed by atoms with Crippen molar-refractivity contribution in [2.24, 2.45) is 0 Å². The number of nitro groups is 1. The van der Waals surface area contributed by atoms with Gasteiger partial charge in [0.15, 0.2) is 5.52 Å². The van der Waals surface area contributed by atoms with E-state index in [4.69, 9.17) is 0 Å². The molecule has 0 bridgehead atoms. The second-order valence-electron chi connectivity index (χ2n) is 5.97. The molecule has 3 N–H and O–H groups in total. The Labute approximate surface area is 155 Å². The van der Waals surface area contributed by atoms with Crippen LogP contribution in [0.4, 0.5) is 11.4 Å². The van der Waals surface area contributed by atoms with E-state index in [1.807, 2.05) is 6.07 Å². The Morgan fingerprint density at radius 3 is 2.63 bits per heavy atom. The van der Waals surface area contributed by atoms with Crippen LogP contribution in [-0.4, -0.2) is 34.0 Å². The molecule has 3 aromatic rings. The lowest BCUT2D eigenvalue weighted by atomic mass is 10.1. The molecular formula is C19H18N4O4. The number of nitrogens with one attached hydrogen (secondary N) is 2. The number of carbonyl (C=O) groups is 1. The van der Waals surface area contributed by atoms with E-state index in [9.17, 15) is 20.0 Å². The lowest BCUT2D eigenvalue weighted by Crippen LogP contribution is -2.28. The zero-order valence-corrected chi connectivity index (χ0v) is 14.6. The van der Waals surface area contributed by atoms with Crippen molar-refractivity contribution in [2.75, 3.05) is 18.4 Å². The predicted octanol–water partition coefficient (Wildman–Crippen LogP) is 3.00. The van der Waals surface area contributed by atoms with Crippen LogP contribution in [0.5, 0.6) is 5.75 Å². The molecule has 2 aromatic carbocycles. The van der Waals surface area contributed by atoms with Crippen LogP contribution in [0.1, 0.15) is 16.1 Å². The molecule has 0 saturated heterocycles. The third-order valence-electron chi connectivity index (χ3n) is 4.00. The maximum atomic E-state index is 12.0. The molecule has 0 aliphatic heterocycles. The number of pyridine rings is 1. The zero-order valence-electron chi connectivity index (χ0n) is 14.6. The van der Waals surface area contributed by atoms with Gasteiger partial charge in [-0.05, 0) is 37.3 Å². The van der Waals surface area contributed by atoms with Crippen LogP contribution < -0.4 is 10.6 Å². The van der Waals surface area contributed by atoms with E-state index in [0.717, 1.165) is 5.69 Å². The van der Waals surface area contributed by atoms with E-state index in [-0.39, 0.29) is 17.3 Å². The summed E-state index contributed by atoms with van der Waals surface area (Å²) in [6, 6.07) is 12.6. The van der Waals surface area contributed by atoms with E-state index in [1.165, 1.54) is 30.3 Å². The standard InChI is InChI=1S/C19H18N4O4/c1-12-11-16(15-3-2-4-17(23(26)27)18(15)22-12)20-9-10-21-19(25)13-5-7-14(24)8-6-13/h2-8,11,24H,9-10H2,1H3,(H,20,22)(H,21,25). The lowest BCUT2D eigenvalue weighted by molar-refractivity contribution is -0.383. The number of hydrogen-bond acceptors (Lipinski definition) is 6. The van der Waals surface area contributed by atoms with Gasteiger partial charge in [0.1, 0.15) is 5.75 Å². The molecule has 0 radical (unpaired) electrons. The molecule has 0 aliphatic rings. The second kappa shape index (κ2) is 7.69. The Balaban J connectivity index is 1.68. The number of para-hydroxylation sites is 1. The Morgan fingerprint density at radius 1 is 1.19 bits per heavy atom. The van der Waals surface area contributed by atoms with Crippen LogP contribution in [0.15, 0.2) is 48.5 Å². The highest BCUT2D eigenvalue weighted by Gasteiger charge is 2.15. The smallest absolute Gasteiger partial charge is 0.295 e. The number of amides is 1. The lowest BCUT2D eigenvalue weighted by Gasteiger charge is -2.11. The van der Waals surface area contributed by atoms with E-state index in [2.05, 4.69) is 15.6 Å². The molecule has 0 saturated carbocycles. The van der Waals surface area contributed by atoms with Crippen LogP contribution in [0.3, 0.4) is 0 Å². The number of aromatic nitrogens is 1. The zero-order chi connectivity index (χ0) is 19.4. The van der Waals surface area contributed by atoms with Crippen LogP contribution in [-0.2, 0) is 0 Å². The van der Waals surface area contributed by atoms with Crippen LogP contribution in [0, 0.1) is 17.0 Å². The second-order valence-corrected chi connectivity index (χ2v) is 5.97. The van der Waals surface area contributed by atoms with Gasteiger partial charge < -0.3 is 15.7 Å². The molecule has 0 unspecified atom stereocenters. The quantitative estimate of drug-likeness (QED) is 0.351. The molecule has 1 heterocycles. The highest BCUT2D eigenvalue weighted by Crippen LogP contribution is 2.29. The van der Waals surface area contributed by atoms with Crippen molar-refractivity contribution < 1.29 is 14.8 Å². The van der Waals surface area contributed by atoms with Crippen molar-refractivity contribution in [3.8, 4) is 5.75 Å². The number of phenols is 1. The summed E-state index contributed by atoms with van der Waals surface area (Å²) in [6.07, 6.45) is 0. The summed E-state index contributed by atoms with van der Waals surface area (Å²) < 4.78 is 0. The summed E-state index contributed by atoms with van der Waals surface area (Å²) in [5.74, 6) is -0.148. The highest BCUT2D eigenvalue weighted by molar-refractivity contribution is 5.97. The van der Waals surface area contributed by atoms with Gasteiger partial charge in [0, 0.05) is 41.5 Å². The maximum Gasteiger partial charge on any atom is 0.295 e. The number of hydrogen-bond donors (Lipinski definition) is 3. The van der Waals surface area contributed by atoms with E-state index >= 15 is 0 Å². The number of non-ortho nitro benzene ring substituents is 1. The molecule has 27 heavy (non-hydrogen) atoms. The van der Waals surface area contributed by atoms with Crippen LogP contribution in [0.2, 0.25) is 0 Å². The molecule has 1 aromatic heterocycles. The van der Waals surface area contributed by atoms with Gasteiger partial charge in [-0.2, -0.15) is 0 Å². The fourth-order valence-corrected chi connectivity index (χ4v) is 2.74. The molecular weight excluding hydrogens is 348 g/mol. The number of rotatable bonds is 6. The van der Waals surface area contributed by atoms with Gasteiger partial charge in [0.2, 0.25) is 0 Å². The minimum absolute atomic E-state index is 0.0418. The first-order chi connectivity index (χ1) is 13.0.